The van der Waals surface area contributed by atoms with Crippen LogP contribution in [0.3, 0.4) is 0 Å². The molecule has 6 heteroatoms. The average Bonchev–Trinajstić information content (AvgIpc) is 2.94. The molecule has 0 aliphatic heterocycles. The molecule has 0 saturated carbocycles. The Morgan fingerprint density at radius 2 is 1.90 bits per heavy atom. The van der Waals surface area contributed by atoms with Gasteiger partial charge >= 0.3 is 0 Å². The molecule has 2 N–H and O–H groups in total. The molecule has 2 aromatic carbocycles. The maximum atomic E-state index is 13.4. The lowest BCUT2D eigenvalue weighted by atomic mass is 10.1. The van der Waals surface area contributed by atoms with Crippen molar-refractivity contribution in [2.24, 2.45) is 0 Å². The van der Waals surface area contributed by atoms with Gasteiger partial charge in [-0.3, -0.25) is 0 Å². The largest absolute Gasteiger partial charge is 0.396 e. The summed E-state index contributed by atoms with van der Waals surface area (Å²) >= 11 is 0. The third-order valence-corrected chi connectivity index (χ3v) is 3.11. The van der Waals surface area contributed by atoms with E-state index in [0.717, 1.165) is 5.56 Å². The van der Waals surface area contributed by atoms with E-state index >= 15 is 0 Å². The molecule has 1 heterocycles. The van der Waals surface area contributed by atoms with Crippen molar-refractivity contribution in [3.8, 4) is 22.8 Å². The molecule has 0 aliphatic rings. The smallest absolute Gasteiger partial charge is 0.258 e. The molecule has 0 fully saturated rings. The lowest BCUT2D eigenvalue weighted by Gasteiger charge is -2.00. The first kappa shape index (κ1) is 13.2. The first-order chi connectivity index (χ1) is 10.0. The second-order valence-corrected chi connectivity index (χ2v) is 4.62. The zero-order valence-electron chi connectivity index (χ0n) is 11.1. The molecule has 0 atom stereocenters. The molecule has 0 saturated heterocycles. The van der Waals surface area contributed by atoms with Gasteiger partial charge in [-0.25, -0.2) is 8.78 Å². The van der Waals surface area contributed by atoms with E-state index in [2.05, 4.69) is 10.1 Å². The standard InChI is InChI=1S/C15H11F2N3O/c1-8-2-4-10(16)7-11(8)14-19-15(21-20-14)9-3-5-13(18)12(17)6-9/h2-7H,18H2,1H3. The normalized spacial score (nSPS) is 10.8. The van der Waals surface area contributed by atoms with E-state index in [4.69, 9.17) is 10.3 Å². The summed E-state index contributed by atoms with van der Waals surface area (Å²) in [5.41, 5.74) is 7.21. The van der Waals surface area contributed by atoms with Crippen molar-refractivity contribution in [1.29, 1.82) is 0 Å². The number of nitrogen functional groups attached to an aromatic ring is 1. The number of rotatable bonds is 2. The van der Waals surface area contributed by atoms with Gasteiger partial charge in [0, 0.05) is 11.1 Å². The van der Waals surface area contributed by atoms with Crippen molar-refractivity contribution >= 4 is 5.69 Å². The highest BCUT2D eigenvalue weighted by Gasteiger charge is 2.14. The van der Waals surface area contributed by atoms with Gasteiger partial charge in [-0.15, -0.1) is 0 Å². The van der Waals surface area contributed by atoms with E-state index in [9.17, 15) is 8.78 Å². The van der Waals surface area contributed by atoms with Crippen LogP contribution in [0.25, 0.3) is 22.8 Å². The molecule has 0 radical (unpaired) electrons. The van der Waals surface area contributed by atoms with Crippen LogP contribution in [0.4, 0.5) is 14.5 Å². The molecule has 1 aromatic heterocycles. The molecule has 3 aromatic rings. The number of hydrogen-bond donors (Lipinski definition) is 1. The molecule has 4 nitrogen and oxygen atoms in total. The highest BCUT2D eigenvalue weighted by molar-refractivity contribution is 5.63. The third-order valence-electron chi connectivity index (χ3n) is 3.11. The topological polar surface area (TPSA) is 64.9 Å². The van der Waals surface area contributed by atoms with Crippen molar-refractivity contribution < 1.29 is 13.3 Å². The van der Waals surface area contributed by atoms with Gasteiger partial charge in [0.15, 0.2) is 0 Å². The number of nitrogens with two attached hydrogens (primary N) is 1. The third kappa shape index (κ3) is 2.47. The van der Waals surface area contributed by atoms with Crippen LogP contribution in [0.2, 0.25) is 0 Å². The van der Waals surface area contributed by atoms with Gasteiger partial charge in [-0.05, 0) is 42.8 Å². The van der Waals surface area contributed by atoms with Gasteiger partial charge in [-0.2, -0.15) is 4.98 Å². The Bertz CT molecular complexity index is 814. The summed E-state index contributed by atoms with van der Waals surface area (Å²) in [5, 5.41) is 3.81. The molecule has 106 valence electrons. The maximum Gasteiger partial charge on any atom is 0.258 e. The fraction of sp³-hybridized carbons (Fsp3) is 0.0667. The van der Waals surface area contributed by atoms with Crippen LogP contribution < -0.4 is 5.73 Å². The van der Waals surface area contributed by atoms with Crippen LogP contribution in [-0.4, -0.2) is 10.1 Å². The molecular formula is C15H11F2N3O. The van der Waals surface area contributed by atoms with Gasteiger partial charge < -0.3 is 10.3 Å². The van der Waals surface area contributed by atoms with Crippen LogP contribution in [0, 0.1) is 18.6 Å². The molecule has 0 bridgehead atoms. The summed E-state index contributed by atoms with van der Waals surface area (Å²) in [6.45, 7) is 1.81. The predicted molar refractivity (Wildman–Crippen MR) is 74.2 cm³/mol. The highest BCUT2D eigenvalue weighted by Crippen LogP contribution is 2.26. The van der Waals surface area contributed by atoms with Crippen LogP contribution in [0.15, 0.2) is 40.9 Å². The van der Waals surface area contributed by atoms with Gasteiger partial charge in [0.25, 0.3) is 5.89 Å². The molecule has 0 spiro atoms. The summed E-state index contributed by atoms with van der Waals surface area (Å²) in [6, 6.07) is 8.52. The van der Waals surface area contributed by atoms with Gasteiger partial charge in [0.05, 0.1) is 5.69 Å². The van der Waals surface area contributed by atoms with E-state index in [1.807, 2.05) is 6.92 Å². The minimum absolute atomic E-state index is 0.0412. The number of benzene rings is 2. The second-order valence-electron chi connectivity index (χ2n) is 4.62. The van der Waals surface area contributed by atoms with E-state index in [1.54, 1.807) is 12.1 Å². The minimum Gasteiger partial charge on any atom is -0.396 e. The summed E-state index contributed by atoms with van der Waals surface area (Å²) < 4.78 is 31.9. The average molecular weight is 287 g/mol. The Morgan fingerprint density at radius 3 is 2.67 bits per heavy atom. The van der Waals surface area contributed by atoms with Gasteiger partial charge in [-0.1, -0.05) is 11.2 Å². The van der Waals surface area contributed by atoms with Crippen LogP contribution in [0.1, 0.15) is 5.56 Å². The van der Waals surface area contributed by atoms with Crippen molar-refractivity contribution in [3.05, 3.63) is 53.6 Å². The zero-order valence-corrected chi connectivity index (χ0v) is 11.1. The van der Waals surface area contributed by atoms with E-state index in [1.165, 1.54) is 24.3 Å². The molecule has 0 unspecified atom stereocenters. The molecule has 3 rings (SSSR count). The predicted octanol–water partition coefficient (Wildman–Crippen LogP) is 3.57. The molecule has 21 heavy (non-hydrogen) atoms. The summed E-state index contributed by atoms with van der Waals surface area (Å²) in [7, 11) is 0. The first-order valence-electron chi connectivity index (χ1n) is 6.20. The van der Waals surface area contributed by atoms with Crippen molar-refractivity contribution in [2.45, 2.75) is 6.92 Å². The van der Waals surface area contributed by atoms with Crippen LogP contribution in [0.5, 0.6) is 0 Å². The number of hydrogen-bond acceptors (Lipinski definition) is 4. The summed E-state index contributed by atoms with van der Waals surface area (Å²) in [6.07, 6.45) is 0. The molecule has 0 aliphatic carbocycles. The quantitative estimate of drug-likeness (QED) is 0.732. The number of aryl methyl sites for hydroxylation is 1. The van der Waals surface area contributed by atoms with Gasteiger partial charge in [0.2, 0.25) is 5.82 Å². The monoisotopic (exact) mass is 287 g/mol. The number of nitrogens with zero attached hydrogens (tertiary/aromatic N) is 2. The number of anilines is 1. The zero-order chi connectivity index (χ0) is 15.0. The molecule has 0 amide bonds. The fourth-order valence-corrected chi connectivity index (χ4v) is 1.95. The van der Waals surface area contributed by atoms with Crippen molar-refractivity contribution in [2.75, 3.05) is 5.73 Å². The van der Waals surface area contributed by atoms with Crippen molar-refractivity contribution in [3.63, 3.8) is 0 Å². The van der Waals surface area contributed by atoms with Crippen LogP contribution >= 0.6 is 0 Å². The Kier molecular flexibility index (Phi) is 3.13. The lowest BCUT2D eigenvalue weighted by Crippen LogP contribution is -1.91. The SMILES string of the molecule is Cc1ccc(F)cc1-c1noc(-c2ccc(N)c(F)c2)n1. The van der Waals surface area contributed by atoms with E-state index < -0.39 is 5.82 Å². The highest BCUT2D eigenvalue weighted by atomic mass is 19.1. The van der Waals surface area contributed by atoms with Crippen molar-refractivity contribution in [1.82, 2.24) is 10.1 Å². The van der Waals surface area contributed by atoms with Crippen LogP contribution in [-0.2, 0) is 0 Å². The summed E-state index contributed by atoms with van der Waals surface area (Å²) in [5.74, 6) is -0.554. The van der Waals surface area contributed by atoms with Gasteiger partial charge in [0.1, 0.15) is 11.6 Å². The van der Waals surface area contributed by atoms with E-state index in [-0.39, 0.29) is 23.2 Å². The number of aromatic nitrogens is 2. The Balaban J connectivity index is 2.03. The first-order valence-corrected chi connectivity index (χ1v) is 6.20. The number of halogens is 2. The fourth-order valence-electron chi connectivity index (χ4n) is 1.95. The molecular weight excluding hydrogens is 276 g/mol. The summed E-state index contributed by atoms with van der Waals surface area (Å²) in [4.78, 5) is 4.17. The lowest BCUT2D eigenvalue weighted by molar-refractivity contribution is 0.432. The Labute approximate surface area is 119 Å². The Morgan fingerprint density at radius 1 is 1.10 bits per heavy atom. The Hall–Kier alpha value is -2.76. The second kappa shape index (κ2) is 4.97. The maximum absolute atomic E-state index is 13.4. The van der Waals surface area contributed by atoms with E-state index in [0.29, 0.717) is 11.1 Å². The minimum atomic E-state index is -0.561.